The van der Waals surface area contributed by atoms with Crippen molar-refractivity contribution in [3.63, 3.8) is 0 Å². The summed E-state index contributed by atoms with van der Waals surface area (Å²) < 4.78 is 0. The quantitative estimate of drug-likeness (QED) is 0.724. The molecule has 0 bridgehead atoms. The zero-order chi connectivity index (χ0) is 17.6. The number of H-pyrrole nitrogens is 1. The van der Waals surface area contributed by atoms with Gasteiger partial charge in [0.25, 0.3) is 5.56 Å². The molecule has 0 aliphatic heterocycles. The average molecular weight is 334 g/mol. The molecule has 0 radical (unpaired) electrons. The van der Waals surface area contributed by atoms with Crippen LogP contribution in [0.25, 0.3) is 0 Å². The van der Waals surface area contributed by atoms with E-state index < -0.39 is 0 Å². The molecule has 0 saturated carbocycles. The lowest BCUT2D eigenvalue weighted by molar-refractivity contribution is 0.852. The Morgan fingerprint density at radius 1 is 0.960 bits per heavy atom. The van der Waals surface area contributed by atoms with Crippen LogP contribution in [0.5, 0.6) is 0 Å². The van der Waals surface area contributed by atoms with E-state index >= 15 is 0 Å². The summed E-state index contributed by atoms with van der Waals surface area (Å²) in [5, 5.41) is 11.3. The molecule has 5 heteroatoms. The van der Waals surface area contributed by atoms with Crippen LogP contribution in [0, 0.1) is 0 Å². The van der Waals surface area contributed by atoms with Crippen LogP contribution >= 0.6 is 0 Å². The molecule has 3 rings (SSSR count). The lowest BCUT2D eigenvalue weighted by Crippen LogP contribution is -2.19. The highest BCUT2D eigenvalue weighted by atomic mass is 16.1. The third-order valence-corrected chi connectivity index (χ3v) is 4.09. The number of anilines is 1. The predicted molar refractivity (Wildman–Crippen MR) is 99.8 cm³/mol. The molecule has 0 atom stereocenters. The number of rotatable bonds is 6. The first-order chi connectivity index (χ1) is 12.1. The molecule has 128 valence electrons. The Bertz CT molecular complexity index is 870. The number of hydrogen-bond donors (Lipinski definition) is 2. The van der Waals surface area contributed by atoms with Gasteiger partial charge >= 0.3 is 0 Å². The molecule has 0 aliphatic carbocycles. The molecule has 0 unspecified atom stereocenters. The summed E-state index contributed by atoms with van der Waals surface area (Å²) in [7, 11) is 0. The van der Waals surface area contributed by atoms with Crippen LogP contribution in [-0.4, -0.2) is 15.2 Å². The molecule has 0 amide bonds. The zero-order valence-corrected chi connectivity index (χ0v) is 14.5. The summed E-state index contributed by atoms with van der Waals surface area (Å²) in [6.45, 7) is 4.90. The van der Waals surface area contributed by atoms with Gasteiger partial charge in [-0.2, -0.15) is 0 Å². The third-order valence-electron chi connectivity index (χ3n) is 4.09. The Morgan fingerprint density at radius 3 is 2.32 bits per heavy atom. The molecule has 3 aromatic rings. The molecule has 2 aromatic carbocycles. The number of aromatic nitrogens is 3. The van der Waals surface area contributed by atoms with E-state index in [0.29, 0.717) is 30.5 Å². The van der Waals surface area contributed by atoms with Gasteiger partial charge in [0.15, 0.2) is 0 Å². The van der Waals surface area contributed by atoms with Crippen molar-refractivity contribution in [3.05, 3.63) is 87.3 Å². The van der Waals surface area contributed by atoms with Crippen molar-refractivity contribution < 1.29 is 0 Å². The van der Waals surface area contributed by atoms with Crippen molar-refractivity contribution in [1.82, 2.24) is 15.2 Å². The third kappa shape index (κ3) is 4.53. The lowest BCUT2D eigenvalue weighted by Gasteiger charge is -2.07. The topological polar surface area (TPSA) is 70.7 Å². The molecule has 0 fully saturated rings. The maximum atomic E-state index is 12.2. The van der Waals surface area contributed by atoms with Crippen molar-refractivity contribution in [2.45, 2.75) is 32.7 Å². The summed E-state index contributed by atoms with van der Waals surface area (Å²) in [4.78, 5) is 15.0. The molecule has 1 aromatic heterocycles. The first-order valence-corrected chi connectivity index (χ1v) is 8.44. The van der Waals surface area contributed by atoms with Crippen LogP contribution in [0.2, 0.25) is 0 Å². The van der Waals surface area contributed by atoms with E-state index in [4.69, 9.17) is 0 Å². The van der Waals surface area contributed by atoms with Gasteiger partial charge in [-0.25, -0.2) is 0 Å². The van der Waals surface area contributed by atoms with Crippen LogP contribution in [0.3, 0.4) is 0 Å². The van der Waals surface area contributed by atoms with Crippen molar-refractivity contribution in [3.8, 4) is 0 Å². The minimum atomic E-state index is -0.210. The molecule has 2 N–H and O–H groups in total. The number of nitrogens with zero attached hydrogens (tertiary/aromatic N) is 2. The van der Waals surface area contributed by atoms with E-state index in [0.717, 1.165) is 11.1 Å². The van der Waals surface area contributed by atoms with Gasteiger partial charge in [-0.3, -0.25) is 9.78 Å². The van der Waals surface area contributed by atoms with E-state index in [1.165, 1.54) is 5.56 Å². The Morgan fingerprint density at radius 2 is 1.68 bits per heavy atom. The van der Waals surface area contributed by atoms with Gasteiger partial charge in [0.05, 0.1) is 0 Å². The fourth-order valence-electron chi connectivity index (χ4n) is 2.55. The average Bonchev–Trinajstić information content (AvgIpc) is 2.63. The SMILES string of the molecule is CC(C)c1ccc(Cc2nnc(NCc3ccccc3)[nH]c2=O)cc1. The predicted octanol–water partition coefficient (Wildman–Crippen LogP) is 3.49. The highest BCUT2D eigenvalue weighted by Gasteiger charge is 2.07. The Balaban J connectivity index is 1.66. The largest absolute Gasteiger partial charge is 0.350 e. The number of hydrogen-bond acceptors (Lipinski definition) is 4. The fraction of sp³-hybridized carbons (Fsp3) is 0.250. The summed E-state index contributed by atoms with van der Waals surface area (Å²) >= 11 is 0. The monoisotopic (exact) mass is 334 g/mol. The fourth-order valence-corrected chi connectivity index (χ4v) is 2.55. The van der Waals surface area contributed by atoms with Gasteiger partial charge in [0.1, 0.15) is 5.69 Å². The maximum Gasteiger partial charge on any atom is 0.274 e. The minimum Gasteiger partial charge on any atom is -0.350 e. The molecule has 0 saturated heterocycles. The second-order valence-electron chi connectivity index (χ2n) is 6.36. The highest BCUT2D eigenvalue weighted by molar-refractivity contribution is 5.29. The van der Waals surface area contributed by atoms with Crippen LogP contribution in [0.1, 0.15) is 42.1 Å². The lowest BCUT2D eigenvalue weighted by atomic mass is 10.0. The van der Waals surface area contributed by atoms with Crippen molar-refractivity contribution in [2.75, 3.05) is 5.32 Å². The summed E-state index contributed by atoms with van der Waals surface area (Å²) in [6.07, 6.45) is 0.472. The molecule has 5 nitrogen and oxygen atoms in total. The summed E-state index contributed by atoms with van der Waals surface area (Å²) in [5.41, 5.74) is 3.65. The van der Waals surface area contributed by atoms with E-state index in [-0.39, 0.29) is 5.56 Å². The Hall–Kier alpha value is -2.95. The molecular weight excluding hydrogens is 312 g/mol. The van der Waals surface area contributed by atoms with Crippen LogP contribution in [0.4, 0.5) is 5.95 Å². The van der Waals surface area contributed by atoms with E-state index in [1.807, 2.05) is 42.5 Å². The normalized spacial score (nSPS) is 10.8. The van der Waals surface area contributed by atoms with Crippen molar-refractivity contribution in [1.29, 1.82) is 0 Å². The summed E-state index contributed by atoms with van der Waals surface area (Å²) in [6, 6.07) is 18.2. The van der Waals surface area contributed by atoms with Gasteiger partial charge in [-0.05, 0) is 22.6 Å². The maximum absolute atomic E-state index is 12.2. The highest BCUT2D eigenvalue weighted by Crippen LogP contribution is 2.15. The van der Waals surface area contributed by atoms with E-state index in [9.17, 15) is 4.79 Å². The molecule has 1 heterocycles. The first kappa shape index (κ1) is 16.9. The van der Waals surface area contributed by atoms with Crippen LogP contribution in [0.15, 0.2) is 59.4 Å². The zero-order valence-electron chi connectivity index (χ0n) is 14.5. The molecule has 25 heavy (non-hydrogen) atoms. The Kier molecular flexibility index (Phi) is 5.23. The van der Waals surface area contributed by atoms with Gasteiger partial charge in [0.2, 0.25) is 5.95 Å². The second kappa shape index (κ2) is 7.75. The van der Waals surface area contributed by atoms with Gasteiger partial charge in [-0.15, -0.1) is 10.2 Å². The number of benzene rings is 2. The molecular formula is C20H22N4O. The van der Waals surface area contributed by atoms with Gasteiger partial charge < -0.3 is 5.32 Å². The van der Waals surface area contributed by atoms with Crippen LogP contribution in [-0.2, 0) is 13.0 Å². The van der Waals surface area contributed by atoms with Gasteiger partial charge in [0, 0.05) is 13.0 Å². The van der Waals surface area contributed by atoms with Crippen molar-refractivity contribution in [2.24, 2.45) is 0 Å². The van der Waals surface area contributed by atoms with E-state index in [2.05, 4.69) is 46.5 Å². The number of nitrogens with one attached hydrogen (secondary N) is 2. The minimum absolute atomic E-state index is 0.210. The number of aromatic amines is 1. The van der Waals surface area contributed by atoms with E-state index in [1.54, 1.807) is 0 Å². The molecule has 0 aliphatic rings. The van der Waals surface area contributed by atoms with Gasteiger partial charge in [-0.1, -0.05) is 68.4 Å². The van der Waals surface area contributed by atoms with Crippen molar-refractivity contribution >= 4 is 5.95 Å². The smallest absolute Gasteiger partial charge is 0.274 e. The summed E-state index contributed by atoms with van der Waals surface area (Å²) in [5.74, 6) is 0.875. The van der Waals surface area contributed by atoms with Crippen LogP contribution < -0.4 is 10.9 Å². The first-order valence-electron chi connectivity index (χ1n) is 8.44. The standard InChI is InChI=1S/C20H22N4O/c1-14(2)17-10-8-15(9-11-17)12-18-19(25)22-20(24-23-18)21-13-16-6-4-3-5-7-16/h3-11,14H,12-13H2,1-2H3,(H2,21,22,24,25). The Labute approximate surface area is 147 Å². The molecule has 0 spiro atoms. The second-order valence-corrected chi connectivity index (χ2v) is 6.36.